The fraction of sp³-hybridized carbons (Fsp3) is 0.455. The highest BCUT2D eigenvalue weighted by Gasteiger charge is 2.04. The van der Waals surface area contributed by atoms with Crippen LogP contribution in [0.2, 0.25) is 0 Å². The van der Waals surface area contributed by atoms with Gasteiger partial charge in [-0.25, -0.2) is 4.79 Å². The number of nitrogens with zero attached hydrogens (tertiary/aromatic N) is 1. The molecule has 94 valence electrons. The molecular weight excluding hydrogens is 238 g/mol. The van der Waals surface area contributed by atoms with Gasteiger partial charge < -0.3 is 15.5 Å². The second-order valence-corrected chi connectivity index (χ2v) is 4.76. The molecule has 0 bridgehead atoms. The molecule has 0 aliphatic heterocycles. The summed E-state index contributed by atoms with van der Waals surface area (Å²) in [6, 6.07) is 3.69. The van der Waals surface area contributed by atoms with E-state index in [1.165, 1.54) is 4.90 Å². The van der Waals surface area contributed by atoms with E-state index in [0.717, 1.165) is 4.88 Å². The van der Waals surface area contributed by atoms with Crippen LogP contribution in [0.3, 0.4) is 0 Å². The molecule has 0 spiro atoms. The van der Waals surface area contributed by atoms with Crippen LogP contribution in [0.5, 0.6) is 0 Å². The topological polar surface area (TPSA) is 61.4 Å². The zero-order chi connectivity index (χ0) is 12.7. The van der Waals surface area contributed by atoms with Crippen molar-refractivity contribution in [3.8, 4) is 0 Å². The van der Waals surface area contributed by atoms with Crippen molar-refractivity contribution in [1.29, 1.82) is 0 Å². The number of nitrogens with one attached hydrogen (secondary N) is 2. The Labute approximate surface area is 105 Å². The van der Waals surface area contributed by atoms with Crippen LogP contribution in [-0.4, -0.2) is 44.0 Å². The predicted molar refractivity (Wildman–Crippen MR) is 68.1 cm³/mol. The first-order chi connectivity index (χ1) is 8.09. The van der Waals surface area contributed by atoms with Crippen LogP contribution >= 0.6 is 11.3 Å². The summed E-state index contributed by atoms with van der Waals surface area (Å²) in [6.07, 6.45) is 0.402. The number of thiophene rings is 1. The fourth-order valence-corrected chi connectivity index (χ4v) is 1.87. The average Bonchev–Trinajstić information content (AvgIpc) is 2.76. The van der Waals surface area contributed by atoms with Crippen LogP contribution in [0.25, 0.3) is 0 Å². The molecule has 0 aliphatic carbocycles. The quantitative estimate of drug-likeness (QED) is 0.760. The fourth-order valence-electron chi connectivity index (χ4n) is 1.16. The number of amides is 3. The summed E-state index contributed by atoms with van der Waals surface area (Å²) in [5.41, 5.74) is 0. The summed E-state index contributed by atoms with van der Waals surface area (Å²) in [4.78, 5) is 25.1. The number of rotatable bonds is 5. The largest absolute Gasteiger partial charge is 0.354 e. The minimum absolute atomic E-state index is 0.0217. The van der Waals surface area contributed by atoms with E-state index in [4.69, 9.17) is 0 Å². The third-order valence-corrected chi connectivity index (χ3v) is 2.92. The molecule has 0 saturated carbocycles. The SMILES string of the molecule is CN(C)C(=O)NCCNC(=O)Cc1cccs1. The monoisotopic (exact) mass is 255 g/mol. The number of urea groups is 1. The Balaban J connectivity index is 2.10. The standard InChI is InChI=1S/C11H17N3O2S/c1-14(2)11(16)13-6-5-12-10(15)8-9-4-3-7-17-9/h3-4,7H,5-6,8H2,1-2H3,(H,12,15)(H,13,16). The second kappa shape index (κ2) is 6.90. The number of hydrogen-bond donors (Lipinski definition) is 2. The van der Waals surface area contributed by atoms with Crippen LogP contribution < -0.4 is 10.6 Å². The van der Waals surface area contributed by atoms with Crippen molar-refractivity contribution in [2.24, 2.45) is 0 Å². The molecule has 1 aromatic rings. The van der Waals surface area contributed by atoms with Crippen molar-refractivity contribution >= 4 is 23.3 Å². The Kier molecular flexibility index (Phi) is 5.48. The Morgan fingerprint density at radius 3 is 2.59 bits per heavy atom. The molecule has 0 radical (unpaired) electrons. The van der Waals surface area contributed by atoms with Gasteiger partial charge in [0, 0.05) is 32.1 Å². The number of hydrogen-bond acceptors (Lipinski definition) is 3. The first-order valence-corrected chi connectivity index (χ1v) is 6.22. The molecular formula is C11H17N3O2S. The molecule has 1 aromatic heterocycles. The summed E-state index contributed by atoms with van der Waals surface area (Å²) < 4.78 is 0. The van der Waals surface area contributed by atoms with Crippen LogP contribution in [0, 0.1) is 0 Å². The highest BCUT2D eigenvalue weighted by molar-refractivity contribution is 7.10. The maximum Gasteiger partial charge on any atom is 0.316 e. The maximum atomic E-state index is 11.5. The Bertz CT molecular complexity index is 363. The molecule has 3 amide bonds. The van der Waals surface area contributed by atoms with Crippen molar-refractivity contribution in [2.75, 3.05) is 27.2 Å². The molecule has 0 saturated heterocycles. The predicted octanol–water partition coefficient (Wildman–Crippen LogP) is 0.678. The lowest BCUT2D eigenvalue weighted by Crippen LogP contribution is -2.39. The Morgan fingerprint density at radius 2 is 2.00 bits per heavy atom. The second-order valence-electron chi connectivity index (χ2n) is 3.73. The highest BCUT2D eigenvalue weighted by atomic mass is 32.1. The lowest BCUT2D eigenvalue weighted by atomic mass is 10.3. The summed E-state index contributed by atoms with van der Waals surface area (Å²) in [5, 5.41) is 7.37. The van der Waals surface area contributed by atoms with E-state index in [-0.39, 0.29) is 11.9 Å². The molecule has 2 N–H and O–H groups in total. The van der Waals surface area contributed by atoms with Gasteiger partial charge in [-0.2, -0.15) is 0 Å². The zero-order valence-corrected chi connectivity index (χ0v) is 10.8. The minimum Gasteiger partial charge on any atom is -0.354 e. The molecule has 0 fully saturated rings. The van der Waals surface area contributed by atoms with Crippen LogP contribution in [-0.2, 0) is 11.2 Å². The molecule has 1 rings (SSSR count). The van der Waals surface area contributed by atoms with E-state index >= 15 is 0 Å². The molecule has 17 heavy (non-hydrogen) atoms. The van der Waals surface area contributed by atoms with E-state index in [1.54, 1.807) is 25.4 Å². The average molecular weight is 255 g/mol. The van der Waals surface area contributed by atoms with Gasteiger partial charge in [-0.05, 0) is 11.4 Å². The van der Waals surface area contributed by atoms with E-state index in [9.17, 15) is 9.59 Å². The molecule has 0 unspecified atom stereocenters. The van der Waals surface area contributed by atoms with Crippen LogP contribution in [0.4, 0.5) is 4.79 Å². The first kappa shape index (κ1) is 13.5. The van der Waals surface area contributed by atoms with Crippen molar-refractivity contribution in [3.05, 3.63) is 22.4 Å². The molecule has 6 heteroatoms. The van der Waals surface area contributed by atoms with E-state index in [2.05, 4.69) is 10.6 Å². The molecule has 0 aliphatic rings. The van der Waals surface area contributed by atoms with Gasteiger partial charge in [0.1, 0.15) is 0 Å². The van der Waals surface area contributed by atoms with Gasteiger partial charge in [-0.3, -0.25) is 4.79 Å². The molecule has 0 atom stereocenters. The minimum atomic E-state index is -0.155. The van der Waals surface area contributed by atoms with Gasteiger partial charge in [0.2, 0.25) is 5.91 Å². The van der Waals surface area contributed by atoms with Gasteiger partial charge in [0.25, 0.3) is 0 Å². The van der Waals surface area contributed by atoms with Crippen LogP contribution in [0.1, 0.15) is 4.88 Å². The van der Waals surface area contributed by atoms with Gasteiger partial charge in [-0.1, -0.05) is 6.07 Å². The lowest BCUT2D eigenvalue weighted by Gasteiger charge is -2.12. The van der Waals surface area contributed by atoms with Crippen molar-refractivity contribution in [3.63, 3.8) is 0 Å². The van der Waals surface area contributed by atoms with Gasteiger partial charge >= 0.3 is 6.03 Å². The van der Waals surface area contributed by atoms with E-state index in [0.29, 0.717) is 19.5 Å². The molecule has 5 nitrogen and oxygen atoms in total. The highest BCUT2D eigenvalue weighted by Crippen LogP contribution is 2.08. The smallest absolute Gasteiger partial charge is 0.316 e. The summed E-state index contributed by atoms with van der Waals surface area (Å²) in [5.74, 6) is -0.0217. The summed E-state index contributed by atoms with van der Waals surface area (Å²) in [6.45, 7) is 0.886. The van der Waals surface area contributed by atoms with Gasteiger partial charge in [-0.15, -0.1) is 11.3 Å². The van der Waals surface area contributed by atoms with Crippen molar-refractivity contribution < 1.29 is 9.59 Å². The third-order valence-electron chi connectivity index (χ3n) is 2.04. The summed E-state index contributed by atoms with van der Waals surface area (Å²) >= 11 is 1.56. The Morgan fingerprint density at radius 1 is 1.29 bits per heavy atom. The van der Waals surface area contributed by atoms with Gasteiger partial charge in [0.15, 0.2) is 0 Å². The normalized spacial score (nSPS) is 9.76. The van der Waals surface area contributed by atoms with Crippen LogP contribution in [0.15, 0.2) is 17.5 Å². The van der Waals surface area contributed by atoms with E-state index < -0.39 is 0 Å². The van der Waals surface area contributed by atoms with E-state index in [1.807, 2.05) is 17.5 Å². The van der Waals surface area contributed by atoms with Gasteiger partial charge in [0.05, 0.1) is 6.42 Å². The third kappa shape index (κ3) is 5.35. The summed E-state index contributed by atoms with van der Waals surface area (Å²) in [7, 11) is 3.34. The number of carbonyl (C=O) groups is 2. The van der Waals surface area contributed by atoms with Crippen molar-refractivity contribution in [1.82, 2.24) is 15.5 Å². The lowest BCUT2D eigenvalue weighted by molar-refractivity contribution is -0.120. The molecule has 1 heterocycles. The number of carbonyl (C=O) groups excluding carboxylic acids is 2. The molecule has 0 aromatic carbocycles. The zero-order valence-electron chi connectivity index (χ0n) is 10.0. The van der Waals surface area contributed by atoms with Crippen molar-refractivity contribution in [2.45, 2.75) is 6.42 Å². The maximum absolute atomic E-state index is 11.5. The Hall–Kier alpha value is -1.56. The first-order valence-electron chi connectivity index (χ1n) is 5.34.